The highest BCUT2D eigenvalue weighted by Gasteiger charge is 2.48. The summed E-state index contributed by atoms with van der Waals surface area (Å²) in [6, 6.07) is 19.5. The number of aryl methyl sites for hydroxylation is 1. The van der Waals surface area contributed by atoms with E-state index in [1.54, 1.807) is 64.9 Å². The summed E-state index contributed by atoms with van der Waals surface area (Å²) < 4.78 is 16.7. The molecular formula is C29H24ClFN6O2. The minimum absolute atomic E-state index is 0.142. The summed E-state index contributed by atoms with van der Waals surface area (Å²) >= 11 is 6.65. The van der Waals surface area contributed by atoms with E-state index in [1.165, 1.54) is 12.1 Å². The summed E-state index contributed by atoms with van der Waals surface area (Å²) in [7, 11) is 1.74. The van der Waals surface area contributed by atoms with E-state index in [4.69, 9.17) is 11.6 Å². The Balaban J connectivity index is 1.41. The van der Waals surface area contributed by atoms with Gasteiger partial charge in [0.15, 0.2) is 0 Å². The molecule has 2 amide bonds. The summed E-state index contributed by atoms with van der Waals surface area (Å²) in [6.45, 7) is 1.81. The van der Waals surface area contributed by atoms with Gasteiger partial charge in [0.1, 0.15) is 11.5 Å². The molecule has 3 heterocycles. The molecule has 3 unspecified atom stereocenters. The molecule has 5 aromatic rings. The van der Waals surface area contributed by atoms with Crippen LogP contribution in [-0.4, -0.2) is 37.4 Å². The van der Waals surface area contributed by atoms with Crippen molar-refractivity contribution in [3.63, 3.8) is 0 Å². The van der Waals surface area contributed by atoms with E-state index >= 15 is 0 Å². The molecule has 1 aliphatic heterocycles. The first-order chi connectivity index (χ1) is 18.8. The summed E-state index contributed by atoms with van der Waals surface area (Å²) in [5.74, 6) is -1.36. The van der Waals surface area contributed by atoms with Crippen LogP contribution in [0.25, 0.3) is 16.6 Å². The van der Waals surface area contributed by atoms with Gasteiger partial charge >= 0.3 is 0 Å². The molecule has 0 radical (unpaired) electrons. The lowest BCUT2D eigenvalue weighted by atomic mass is 9.94. The van der Waals surface area contributed by atoms with Gasteiger partial charge in [-0.2, -0.15) is 10.2 Å². The lowest BCUT2D eigenvalue weighted by Crippen LogP contribution is -2.42. The topological polar surface area (TPSA) is 85.0 Å². The Morgan fingerprint density at radius 3 is 2.49 bits per heavy atom. The molecule has 1 fully saturated rings. The second-order valence-corrected chi connectivity index (χ2v) is 10.0. The highest BCUT2D eigenvalue weighted by atomic mass is 35.5. The van der Waals surface area contributed by atoms with Crippen molar-refractivity contribution in [1.82, 2.24) is 24.9 Å². The van der Waals surface area contributed by atoms with Crippen LogP contribution in [0.3, 0.4) is 0 Å². The predicted molar refractivity (Wildman–Crippen MR) is 146 cm³/mol. The Hall–Kier alpha value is -4.50. The molecule has 1 N–H and O–H groups in total. The average molecular weight is 543 g/mol. The Morgan fingerprint density at radius 2 is 1.77 bits per heavy atom. The lowest BCUT2D eigenvalue weighted by molar-refractivity contribution is -0.120. The van der Waals surface area contributed by atoms with E-state index in [0.29, 0.717) is 10.7 Å². The zero-order chi connectivity index (χ0) is 27.3. The smallest absolute Gasteiger partial charge is 0.272 e. The van der Waals surface area contributed by atoms with E-state index in [9.17, 15) is 14.0 Å². The Bertz CT molecular complexity index is 1710. The Morgan fingerprint density at radius 1 is 1.03 bits per heavy atom. The molecule has 0 spiro atoms. The molecule has 1 aliphatic rings. The number of hydrogen-bond donors (Lipinski definition) is 1. The predicted octanol–water partition coefficient (Wildman–Crippen LogP) is 5.07. The van der Waals surface area contributed by atoms with Gasteiger partial charge in [-0.3, -0.25) is 14.3 Å². The second-order valence-electron chi connectivity index (χ2n) is 9.61. The molecule has 6 rings (SSSR count). The van der Waals surface area contributed by atoms with Crippen LogP contribution in [0.4, 0.5) is 10.1 Å². The SMILES string of the molecule is CC1C(=O)N(c2ccc3c(cnn3-c3ccc(F)cc3)c2)C(c2ccccc2Cl)C1NC(=O)c1ccn(C)n1. The van der Waals surface area contributed by atoms with Gasteiger partial charge in [-0.15, -0.1) is 0 Å². The number of halogens is 2. The summed E-state index contributed by atoms with van der Waals surface area (Å²) in [6.07, 6.45) is 3.40. The van der Waals surface area contributed by atoms with Crippen LogP contribution < -0.4 is 10.2 Å². The number of aromatic nitrogens is 4. The van der Waals surface area contributed by atoms with E-state index in [1.807, 2.05) is 36.4 Å². The van der Waals surface area contributed by atoms with Crippen molar-refractivity contribution in [3.8, 4) is 5.69 Å². The highest BCUT2D eigenvalue weighted by Crippen LogP contribution is 2.43. The molecule has 196 valence electrons. The maximum Gasteiger partial charge on any atom is 0.272 e. The molecule has 3 aromatic carbocycles. The fraction of sp³-hybridized carbons (Fsp3) is 0.172. The molecule has 3 atom stereocenters. The fourth-order valence-corrected chi connectivity index (χ4v) is 5.45. The number of fused-ring (bicyclic) bond motifs is 1. The first-order valence-corrected chi connectivity index (χ1v) is 12.8. The summed E-state index contributed by atoms with van der Waals surface area (Å²) in [5.41, 5.74) is 3.17. The van der Waals surface area contributed by atoms with Crippen LogP contribution in [0.15, 0.2) is 85.2 Å². The number of carbonyl (C=O) groups excluding carboxylic acids is 2. The van der Waals surface area contributed by atoms with Crippen molar-refractivity contribution in [1.29, 1.82) is 0 Å². The van der Waals surface area contributed by atoms with Crippen LogP contribution in [0.2, 0.25) is 5.02 Å². The van der Waals surface area contributed by atoms with Gasteiger partial charge < -0.3 is 10.2 Å². The zero-order valence-electron chi connectivity index (χ0n) is 21.1. The van der Waals surface area contributed by atoms with Crippen LogP contribution in [0, 0.1) is 11.7 Å². The normalized spacial score (nSPS) is 19.1. The fourth-order valence-electron chi connectivity index (χ4n) is 5.20. The number of rotatable bonds is 5. The number of amides is 2. The van der Waals surface area contributed by atoms with Crippen LogP contribution in [0.1, 0.15) is 29.0 Å². The molecule has 0 aliphatic carbocycles. The molecule has 1 saturated heterocycles. The van der Waals surface area contributed by atoms with Crippen LogP contribution in [-0.2, 0) is 11.8 Å². The second kappa shape index (κ2) is 9.67. The Labute approximate surface area is 228 Å². The number of benzene rings is 3. The van der Waals surface area contributed by atoms with E-state index in [0.717, 1.165) is 22.2 Å². The number of hydrogen-bond acceptors (Lipinski definition) is 4. The first-order valence-electron chi connectivity index (χ1n) is 12.4. The largest absolute Gasteiger partial charge is 0.345 e. The Kier molecular flexibility index (Phi) is 6.15. The standard InChI is InChI=1S/C29H24ClFN6O2/c1-17-26(33-28(38)24-13-14-35(2)34-24)27(22-5-3-4-6-23(22)30)36(29(17)39)21-11-12-25-18(15-21)16-32-37(25)20-9-7-19(31)8-10-20/h3-17,26-27H,1-2H3,(H,33,38). The maximum absolute atomic E-state index is 13.8. The van der Waals surface area contributed by atoms with Gasteiger partial charge in [0.2, 0.25) is 5.91 Å². The third kappa shape index (κ3) is 4.34. The van der Waals surface area contributed by atoms with Gasteiger partial charge in [-0.1, -0.05) is 36.7 Å². The molecular weight excluding hydrogens is 519 g/mol. The minimum Gasteiger partial charge on any atom is -0.345 e. The zero-order valence-corrected chi connectivity index (χ0v) is 21.9. The third-order valence-electron chi connectivity index (χ3n) is 7.15. The molecule has 10 heteroatoms. The number of nitrogens with one attached hydrogen (secondary N) is 1. The van der Waals surface area contributed by atoms with Crippen molar-refractivity contribution >= 4 is 40.0 Å². The van der Waals surface area contributed by atoms with Gasteiger partial charge in [0.25, 0.3) is 5.91 Å². The monoisotopic (exact) mass is 542 g/mol. The van der Waals surface area contributed by atoms with E-state index < -0.39 is 18.0 Å². The van der Waals surface area contributed by atoms with Crippen molar-refractivity contribution in [2.24, 2.45) is 13.0 Å². The van der Waals surface area contributed by atoms with Gasteiger partial charge in [-0.25, -0.2) is 9.07 Å². The molecule has 0 bridgehead atoms. The van der Waals surface area contributed by atoms with Gasteiger partial charge in [-0.05, 0) is 60.2 Å². The first kappa shape index (κ1) is 24.8. The van der Waals surface area contributed by atoms with Gasteiger partial charge in [0.05, 0.1) is 35.4 Å². The molecule has 0 saturated carbocycles. The number of carbonyl (C=O) groups is 2. The van der Waals surface area contributed by atoms with Crippen LogP contribution in [0.5, 0.6) is 0 Å². The number of anilines is 1. The van der Waals surface area contributed by atoms with Crippen molar-refractivity contribution < 1.29 is 14.0 Å². The van der Waals surface area contributed by atoms with Crippen molar-refractivity contribution in [2.45, 2.75) is 19.0 Å². The lowest BCUT2D eigenvalue weighted by Gasteiger charge is -2.30. The number of nitrogens with zero attached hydrogens (tertiary/aromatic N) is 5. The quantitative estimate of drug-likeness (QED) is 0.336. The van der Waals surface area contributed by atoms with Crippen LogP contribution >= 0.6 is 11.6 Å². The summed E-state index contributed by atoms with van der Waals surface area (Å²) in [4.78, 5) is 28.6. The van der Waals surface area contributed by atoms with Crippen molar-refractivity contribution in [3.05, 3.63) is 107 Å². The highest BCUT2D eigenvalue weighted by molar-refractivity contribution is 6.31. The molecule has 2 aromatic heterocycles. The average Bonchev–Trinajstić information content (AvgIpc) is 3.62. The van der Waals surface area contributed by atoms with Crippen molar-refractivity contribution in [2.75, 3.05) is 4.90 Å². The van der Waals surface area contributed by atoms with E-state index in [-0.39, 0.29) is 23.3 Å². The third-order valence-corrected chi connectivity index (χ3v) is 7.50. The molecule has 8 nitrogen and oxygen atoms in total. The summed E-state index contributed by atoms with van der Waals surface area (Å²) in [5, 5.41) is 13.0. The molecule has 39 heavy (non-hydrogen) atoms. The maximum atomic E-state index is 13.8. The van der Waals surface area contributed by atoms with Gasteiger partial charge in [0, 0.05) is 29.3 Å². The van der Waals surface area contributed by atoms with E-state index in [2.05, 4.69) is 15.5 Å². The minimum atomic E-state index is -0.565.